The van der Waals surface area contributed by atoms with Crippen LogP contribution in [0.1, 0.15) is 29.0 Å². The number of hydrogen-bond acceptors (Lipinski definition) is 11. The minimum Gasteiger partial charge on any atom is -0.465 e. The smallest absolute Gasteiger partial charge is 0.404 e. The molecule has 0 aliphatic carbocycles. The van der Waals surface area contributed by atoms with Crippen LogP contribution in [0.25, 0.3) is 21.8 Å². The van der Waals surface area contributed by atoms with Crippen molar-refractivity contribution in [2.45, 2.75) is 25.8 Å². The van der Waals surface area contributed by atoms with Gasteiger partial charge in [-0.2, -0.15) is 4.98 Å². The van der Waals surface area contributed by atoms with E-state index in [2.05, 4.69) is 25.5 Å². The maximum absolute atomic E-state index is 13.3. The number of aryl methyl sites for hydroxylation is 1. The molecule has 6 rings (SSSR count). The third kappa shape index (κ3) is 5.53. The molecule has 0 saturated carbocycles. The Morgan fingerprint density at radius 3 is 2.77 bits per heavy atom. The number of morpholine rings is 1. The summed E-state index contributed by atoms with van der Waals surface area (Å²) in [5, 5.41) is 15.6. The Balaban J connectivity index is 1.32. The molecule has 40 heavy (non-hydrogen) atoms. The molecule has 0 unspecified atom stereocenters. The van der Waals surface area contributed by atoms with Gasteiger partial charge >= 0.3 is 6.09 Å². The van der Waals surface area contributed by atoms with Crippen molar-refractivity contribution >= 4 is 50.3 Å². The largest absolute Gasteiger partial charge is 0.465 e. The van der Waals surface area contributed by atoms with Crippen LogP contribution in [0.4, 0.5) is 21.4 Å². The summed E-state index contributed by atoms with van der Waals surface area (Å²) >= 11 is 1.50. The highest BCUT2D eigenvalue weighted by Gasteiger charge is 2.27. The number of ether oxygens (including phenoxy) is 1. The molecule has 2 fully saturated rings. The van der Waals surface area contributed by atoms with Gasteiger partial charge in [-0.1, -0.05) is 11.3 Å². The van der Waals surface area contributed by atoms with Crippen LogP contribution in [-0.2, 0) is 4.74 Å². The topological polar surface area (TPSA) is 159 Å². The van der Waals surface area contributed by atoms with E-state index < -0.39 is 12.0 Å². The lowest BCUT2D eigenvalue weighted by Crippen LogP contribution is -2.47. The lowest BCUT2D eigenvalue weighted by atomic mass is 10.1. The van der Waals surface area contributed by atoms with E-state index in [0.29, 0.717) is 49.3 Å². The molecule has 4 aromatic heterocycles. The Morgan fingerprint density at radius 2 is 1.98 bits per heavy atom. The van der Waals surface area contributed by atoms with Gasteiger partial charge in [0.15, 0.2) is 22.3 Å². The minimum atomic E-state index is -1.07. The van der Waals surface area contributed by atoms with Gasteiger partial charge in [-0.25, -0.2) is 14.8 Å². The summed E-state index contributed by atoms with van der Waals surface area (Å²) in [7, 11) is 0. The molecular weight excluding hydrogens is 536 g/mol. The molecule has 2 saturated heterocycles. The van der Waals surface area contributed by atoms with Crippen molar-refractivity contribution in [1.82, 2.24) is 25.3 Å². The van der Waals surface area contributed by atoms with Crippen molar-refractivity contribution in [2.75, 3.05) is 54.5 Å². The standard InChI is InChI=1S/C26H28N8O5S/c1-15-11-16(4-5-27-15)24-30-19(14-39-24)23(35)29-18-12-20-21(32-25(40-20)33-7-9-38-10-8-33)31-22(18)34-6-2-3-17(13-34)28-26(36)37/h4-5,11-12,14,17,28H,2-3,6-10,13H2,1H3,(H,29,35)(H,36,37)/t17-/m0/s1. The lowest BCUT2D eigenvalue weighted by Gasteiger charge is -2.34. The number of nitrogens with one attached hydrogen (secondary N) is 2. The first-order valence-corrected chi connectivity index (χ1v) is 13.8. The van der Waals surface area contributed by atoms with Gasteiger partial charge in [-0.15, -0.1) is 0 Å². The van der Waals surface area contributed by atoms with Crippen LogP contribution in [0.15, 0.2) is 35.1 Å². The fraction of sp³-hybridized carbons (Fsp3) is 0.385. The average Bonchev–Trinajstić information content (AvgIpc) is 3.61. The van der Waals surface area contributed by atoms with Gasteiger partial charge in [0.05, 0.1) is 23.6 Å². The number of fused-ring (bicyclic) bond motifs is 1. The van der Waals surface area contributed by atoms with E-state index in [9.17, 15) is 14.7 Å². The number of nitrogens with zero attached hydrogens (tertiary/aromatic N) is 6. The van der Waals surface area contributed by atoms with Crippen molar-refractivity contribution in [3.05, 3.63) is 42.0 Å². The zero-order valence-electron chi connectivity index (χ0n) is 21.8. The third-order valence-electron chi connectivity index (χ3n) is 6.81. The number of anilines is 3. The first-order chi connectivity index (χ1) is 19.4. The second kappa shape index (κ2) is 11.1. The maximum atomic E-state index is 13.3. The molecule has 0 aromatic carbocycles. The first-order valence-electron chi connectivity index (χ1n) is 13.0. The van der Waals surface area contributed by atoms with Crippen molar-refractivity contribution in [3.8, 4) is 11.5 Å². The van der Waals surface area contributed by atoms with Gasteiger partial charge < -0.3 is 34.7 Å². The number of carbonyl (C=O) groups is 2. The van der Waals surface area contributed by atoms with Crippen molar-refractivity contribution in [1.29, 1.82) is 0 Å². The Morgan fingerprint density at radius 1 is 1.12 bits per heavy atom. The van der Waals surface area contributed by atoms with E-state index in [1.165, 1.54) is 17.6 Å². The molecule has 0 radical (unpaired) electrons. The molecule has 0 spiro atoms. The average molecular weight is 565 g/mol. The van der Waals surface area contributed by atoms with E-state index in [0.717, 1.165) is 47.0 Å². The molecule has 2 aliphatic rings. The van der Waals surface area contributed by atoms with Gasteiger partial charge in [0.2, 0.25) is 5.89 Å². The van der Waals surface area contributed by atoms with E-state index in [-0.39, 0.29) is 11.7 Å². The summed E-state index contributed by atoms with van der Waals surface area (Å²) in [6.45, 7) is 5.72. The Hall–Kier alpha value is -4.30. The number of oxazole rings is 1. The zero-order chi connectivity index (χ0) is 27.6. The zero-order valence-corrected chi connectivity index (χ0v) is 22.6. The van der Waals surface area contributed by atoms with Gasteiger partial charge in [-0.3, -0.25) is 9.78 Å². The number of carboxylic acid groups (broad SMARTS) is 1. The number of thiazole rings is 1. The number of pyridine rings is 2. The summed E-state index contributed by atoms with van der Waals surface area (Å²) in [4.78, 5) is 47.0. The number of hydrogen-bond donors (Lipinski definition) is 3. The van der Waals surface area contributed by atoms with Crippen LogP contribution < -0.4 is 20.4 Å². The summed E-state index contributed by atoms with van der Waals surface area (Å²) in [6.07, 6.45) is 3.41. The van der Waals surface area contributed by atoms with Crippen molar-refractivity contribution < 1.29 is 23.8 Å². The Bertz CT molecular complexity index is 1550. The molecule has 1 atom stereocenters. The first kappa shape index (κ1) is 26.0. The van der Waals surface area contributed by atoms with Crippen LogP contribution in [0.2, 0.25) is 0 Å². The van der Waals surface area contributed by atoms with Gasteiger partial charge in [0, 0.05) is 49.7 Å². The second-order valence-electron chi connectivity index (χ2n) is 9.69. The number of amides is 2. The fourth-order valence-corrected chi connectivity index (χ4v) is 5.90. The minimum absolute atomic E-state index is 0.123. The molecule has 2 aliphatic heterocycles. The molecule has 13 nitrogen and oxygen atoms in total. The summed E-state index contributed by atoms with van der Waals surface area (Å²) in [5.74, 6) is 0.407. The lowest BCUT2D eigenvalue weighted by molar-refractivity contribution is 0.102. The number of carbonyl (C=O) groups excluding carboxylic acids is 1. The van der Waals surface area contributed by atoms with E-state index in [4.69, 9.17) is 19.1 Å². The molecule has 0 bridgehead atoms. The van der Waals surface area contributed by atoms with Gasteiger partial charge in [0.25, 0.3) is 5.91 Å². The van der Waals surface area contributed by atoms with Crippen molar-refractivity contribution in [3.63, 3.8) is 0 Å². The molecule has 3 N–H and O–H groups in total. The molecule has 14 heteroatoms. The van der Waals surface area contributed by atoms with Gasteiger partial charge in [0.1, 0.15) is 6.26 Å². The quantitative estimate of drug-likeness (QED) is 0.315. The van der Waals surface area contributed by atoms with Crippen LogP contribution in [-0.4, -0.2) is 82.5 Å². The van der Waals surface area contributed by atoms with E-state index in [1.807, 2.05) is 24.0 Å². The summed E-state index contributed by atoms with van der Waals surface area (Å²) < 4.78 is 11.9. The van der Waals surface area contributed by atoms with Crippen LogP contribution in [0, 0.1) is 6.92 Å². The maximum Gasteiger partial charge on any atom is 0.404 e. The summed E-state index contributed by atoms with van der Waals surface area (Å²) in [6, 6.07) is 5.22. The summed E-state index contributed by atoms with van der Waals surface area (Å²) in [5.41, 5.74) is 2.72. The van der Waals surface area contributed by atoms with Crippen LogP contribution in [0.3, 0.4) is 0 Å². The van der Waals surface area contributed by atoms with Crippen LogP contribution >= 0.6 is 11.3 Å². The van der Waals surface area contributed by atoms with Crippen molar-refractivity contribution in [2.24, 2.45) is 0 Å². The van der Waals surface area contributed by atoms with Crippen LogP contribution in [0.5, 0.6) is 0 Å². The highest BCUT2D eigenvalue weighted by molar-refractivity contribution is 7.22. The molecule has 6 heterocycles. The highest BCUT2D eigenvalue weighted by atomic mass is 32.1. The van der Waals surface area contributed by atoms with E-state index >= 15 is 0 Å². The second-order valence-corrected chi connectivity index (χ2v) is 10.7. The normalized spacial score (nSPS) is 17.7. The molecule has 2 amide bonds. The number of piperidine rings is 1. The Kier molecular flexibility index (Phi) is 7.17. The fourth-order valence-electron chi connectivity index (χ4n) is 4.90. The highest BCUT2D eigenvalue weighted by Crippen LogP contribution is 2.36. The Labute approximate surface area is 233 Å². The predicted octanol–water partition coefficient (Wildman–Crippen LogP) is 3.38. The van der Waals surface area contributed by atoms with Gasteiger partial charge in [-0.05, 0) is 38.0 Å². The third-order valence-corrected chi connectivity index (χ3v) is 7.86. The van der Waals surface area contributed by atoms with E-state index in [1.54, 1.807) is 12.3 Å². The SMILES string of the molecule is Cc1cc(-c2nc(C(=O)Nc3cc4sc(N5CCOCC5)nc4nc3N3CCC[C@H](NC(=O)O)C3)co2)ccn1. The number of rotatable bonds is 6. The molecule has 208 valence electrons. The monoisotopic (exact) mass is 564 g/mol. The number of aromatic nitrogens is 4. The molecular formula is C26H28N8O5S. The predicted molar refractivity (Wildman–Crippen MR) is 149 cm³/mol. The molecule has 4 aromatic rings.